The molecule has 1 aromatic rings. The van der Waals surface area contributed by atoms with Crippen LogP contribution in [-0.4, -0.2) is 19.1 Å². The van der Waals surface area contributed by atoms with Crippen LogP contribution in [0.1, 0.15) is 30.4 Å². The van der Waals surface area contributed by atoms with E-state index in [2.05, 4.69) is 30.0 Å². The summed E-state index contributed by atoms with van der Waals surface area (Å²) in [6, 6.07) is 7.63. The van der Waals surface area contributed by atoms with Gasteiger partial charge in [-0.2, -0.15) is 0 Å². The summed E-state index contributed by atoms with van der Waals surface area (Å²) in [7, 11) is 0. The second-order valence-electron chi connectivity index (χ2n) is 5.57. The zero-order valence-electron chi connectivity index (χ0n) is 10.7. The van der Waals surface area contributed by atoms with Gasteiger partial charge in [-0.25, -0.2) is 0 Å². The lowest BCUT2D eigenvalue weighted by atomic mass is 9.77. The molecule has 2 unspecified atom stereocenters. The van der Waals surface area contributed by atoms with Crippen molar-refractivity contribution in [2.75, 3.05) is 18.0 Å². The van der Waals surface area contributed by atoms with Crippen LogP contribution in [0.2, 0.25) is 0 Å². The summed E-state index contributed by atoms with van der Waals surface area (Å²) in [5.41, 5.74) is 10.2. The largest absolute Gasteiger partial charge is 0.368 e. The number of aryl methyl sites for hydroxylation is 2. The van der Waals surface area contributed by atoms with Gasteiger partial charge in [0.15, 0.2) is 0 Å². The minimum atomic E-state index is 0.710. The van der Waals surface area contributed by atoms with E-state index in [4.69, 9.17) is 5.73 Å². The predicted molar refractivity (Wildman–Crippen MR) is 72.4 cm³/mol. The van der Waals surface area contributed by atoms with E-state index in [0.29, 0.717) is 6.04 Å². The van der Waals surface area contributed by atoms with E-state index in [-0.39, 0.29) is 0 Å². The third-order valence-electron chi connectivity index (χ3n) is 4.47. The van der Waals surface area contributed by atoms with Gasteiger partial charge in [0.1, 0.15) is 0 Å². The molecule has 0 radical (unpaired) electrons. The smallest absolute Gasteiger partial charge is 0.0401 e. The highest BCUT2D eigenvalue weighted by molar-refractivity contribution is 5.58. The van der Waals surface area contributed by atoms with Gasteiger partial charge < -0.3 is 10.6 Å². The Hall–Kier alpha value is -1.02. The fourth-order valence-electron chi connectivity index (χ4n) is 3.34. The number of hydrogen-bond donors (Lipinski definition) is 1. The number of hydrogen-bond acceptors (Lipinski definition) is 2. The van der Waals surface area contributed by atoms with E-state index in [0.717, 1.165) is 12.5 Å². The van der Waals surface area contributed by atoms with Gasteiger partial charge in [0.25, 0.3) is 0 Å². The van der Waals surface area contributed by atoms with Crippen molar-refractivity contribution in [3.05, 3.63) is 29.3 Å². The van der Waals surface area contributed by atoms with Crippen molar-refractivity contribution in [2.45, 2.75) is 38.6 Å². The molecule has 0 bridgehead atoms. The Bertz CT molecular complexity index is 411. The van der Waals surface area contributed by atoms with Gasteiger partial charge in [-0.05, 0) is 56.7 Å². The Kier molecular flexibility index (Phi) is 2.83. The van der Waals surface area contributed by atoms with Crippen molar-refractivity contribution in [1.29, 1.82) is 0 Å². The monoisotopic (exact) mass is 230 g/mol. The van der Waals surface area contributed by atoms with Crippen molar-refractivity contribution in [3.63, 3.8) is 0 Å². The Morgan fingerprint density at radius 3 is 2.94 bits per heavy atom. The van der Waals surface area contributed by atoms with Crippen LogP contribution >= 0.6 is 0 Å². The third-order valence-corrected chi connectivity index (χ3v) is 4.47. The molecule has 1 aliphatic carbocycles. The first-order valence-corrected chi connectivity index (χ1v) is 6.86. The summed E-state index contributed by atoms with van der Waals surface area (Å²) in [4.78, 5) is 2.62. The minimum absolute atomic E-state index is 0.710. The quantitative estimate of drug-likeness (QED) is 0.845. The predicted octanol–water partition coefficient (Wildman–Crippen LogP) is 2.48. The van der Waals surface area contributed by atoms with Gasteiger partial charge >= 0.3 is 0 Å². The van der Waals surface area contributed by atoms with Gasteiger partial charge in [-0.3, -0.25) is 0 Å². The van der Waals surface area contributed by atoms with Crippen LogP contribution in [0.15, 0.2) is 18.2 Å². The molecule has 1 saturated carbocycles. The summed E-state index contributed by atoms with van der Waals surface area (Å²) in [5, 5.41) is 0. The summed E-state index contributed by atoms with van der Waals surface area (Å²) in [5.74, 6) is 0.724. The number of nitrogens with two attached hydrogens (primary N) is 1. The van der Waals surface area contributed by atoms with Crippen molar-refractivity contribution in [1.82, 2.24) is 0 Å². The van der Waals surface area contributed by atoms with E-state index in [1.165, 1.54) is 43.5 Å². The molecule has 2 heteroatoms. The lowest BCUT2D eigenvalue weighted by Gasteiger charge is -2.47. The molecule has 1 aromatic carbocycles. The molecule has 0 saturated heterocycles. The molecule has 92 valence electrons. The zero-order valence-corrected chi connectivity index (χ0v) is 10.7. The van der Waals surface area contributed by atoms with Crippen LogP contribution in [0, 0.1) is 12.8 Å². The number of benzene rings is 1. The van der Waals surface area contributed by atoms with E-state index < -0.39 is 0 Å². The molecule has 0 aromatic heterocycles. The Labute approximate surface area is 104 Å². The fourth-order valence-corrected chi connectivity index (χ4v) is 3.34. The molecule has 3 rings (SSSR count). The van der Waals surface area contributed by atoms with Crippen molar-refractivity contribution < 1.29 is 0 Å². The standard InChI is InChI=1S/C15H22N2/c1-11-4-6-14-12(9-11)3-2-8-17(14)15-7-5-13(15)10-16/h4,6,9,13,15H,2-3,5,7-8,10,16H2,1H3. The molecule has 1 fully saturated rings. The number of nitrogens with zero attached hydrogens (tertiary/aromatic N) is 1. The number of rotatable bonds is 2. The average molecular weight is 230 g/mol. The van der Waals surface area contributed by atoms with Gasteiger partial charge in [0.2, 0.25) is 0 Å². The van der Waals surface area contributed by atoms with Gasteiger partial charge in [-0.15, -0.1) is 0 Å². The van der Waals surface area contributed by atoms with E-state index in [1.807, 2.05) is 0 Å². The lowest BCUT2D eigenvalue weighted by molar-refractivity contribution is 0.246. The highest BCUT2D eigenvalue weighted by Gasteiger charge is 2.36. The first-order valence-electron chi connectivity index (χ1n) is 6.86. The molecule has 2 atom stereocenters. The van der Waals surface area contributed by atoms with Crippen LogP contribution in [0.5, 0.6) is 0 Å². The van der Waals surface area contributed by atoms with Crippen LogP contribution in [0.3, 0.4) is 0 Å². The molecule has 1 aliphatic heterocycles. The fraction of sp³-hybridized carbons (Fsp3) is 0.600. The average Bonchev–Trinajstić information content (AvgIpc) is 2.28. The summed E-state index contributed by atoms with van der Waals surface area (Å²) < 4.78 is 0. The van der Waals surface area contributed by atoms with Crippen molar-refractivity contribution in [3.8, 4) is 0 Å². The van der Waals surface area contributed by atoms with Crippen LogP contribution < -0.4 is 10.6 Å². The second-order valence-corrected chi connectivity index (χ2v) is 5.57. The maximum absolute atomic E-state index is 5.85. The Morgan fingerprint density at radius 2 is 2.24 bits per heavy atom. The van der Waals surface area contributed by atoms with Crippen molar-refractivity contribution in [2.24, 2.45) is 11.7 Å². The van der Waals surface area contributed by atoms with Crippen LogP contribution in [0.4, 0.5) is 5.69 Å². The van der Waals surface area contributed by atoms with E-state index in [1.54, 1.807) is 5.56 Å². The second kappa shape index (κ2) is 4.34. The van der Waals surface area contributed by atoms with E-state index >= 15 is 0 Å². The normalized spacial score (nSPS) is 27.5. The highest BCUT2D eigenvalue weighted by atomic mass is 15.2. The third kappa shape index (κ3) is 1.85. The maximum Gasteiger partial charge on any atom is 0.0401 e. The van der Waals surface area contributed by atoms with Crippen molar-refractivity contribution >= 4 is 5.69 Å². The lowest BCUT2D eigenvalue weighted by Crippen LogP contribution is -2.51. The SMILES string of the molecule is Cc1ccc2c(c1)CCCN2C1CCC1CN. The molecule has 0 amide bonds. The summed E-state index contributed by atoms with van der Waals surface area (Å²) in [6.45, 7) is 4.25. The van der Waals surface area contributed by atoms with Gasteiger partial charge in [0, 0.05) is 18.3 Å². The first-order chi connectivity index (χ1) is 8.29. The Morgan fingerprint density at radius 1 is 1.35 bits per heavy atom. The summed E-state index contributed by atoms with van der Waals surface area (Å²) in [6.07, 6.45) is 5.19. The van der Waals surface area contributed by atoms with Gasteiger partial charge in [-0.1, -0.05) is 17.7 Å². The molecule has 2 nitrogen and oxygen atoms in total. The zero-order chi connectivity index (χ0) is 11.8. The molecule has 17 heavy (non-hydrogen) atoms. The van der Waals surface area contributed by atoms with Gasteiger partial charge in [0.05, 0.1) is 0 Å². The maximum atomic E-state index is 5.85. The number of fused-ring (bicyclic) bond motifs is 1. The summed E-state index contributed by atoms with van der Waals surface area (Å²) >= 11 is 0. The molecule has 2 N–H and O–H groups in total. The van der Waals surface area contributed by atoms with E-state index in [9.17, 15) is 0 Å². The molecule has 0 spiro atoms. The highest BCUT2D eigenvalue weighted by Crippen LogP contribution is 2.38. The minimum Gasteiger partial charge on any atom is -0.368 e. The molecule has 2 aliphatic rings. The topological polar surface area (TPSA) is 29.3 Å². The molecular weight excluding hydrogens is 208 g/mol. The Balaban J connectivity index is 1.89. The first kappa shape index (κ1) is 11.1. The molecule has 1 heterocycles. The van der Waals surface area contributed by atoms with Crippen LogP contribution in [-0.2, 0) is 6.42 Å². The molecular formula is C15H22N2. The number of anilines is 1. The van der Waals surface area contributed by atoms with Crippen LogP contribution in [0.25, 0.3) is 0 Å².